The minimum Gasteiger partial charge on any atom is -0.534 e. The summed E-state index contributed by atoms with van der Waals surface area (Å²) in [6.07, 6.45) is 1.36. The standard InChI is InChI=1S/C32H34N2O3SSi/c1-24-18-20-25(21-19-24)38(35,36)34-33-30-23-22-29-28(30)16-11-17-31(29)37-39(32(2,3)4,26-12-7-5-8-13-26)27-14-9-6-10-15-27/h5-21,34H,22-23H2,1-4H3. The number of rotatable bonds is 7. The Morgan fingerprint density at radius 3 is 1.92 bits per heavy atom. The number of nitrogens with one attached hydrogen (secondary N) is 1. The molecule has 1 aliphatic rings. The van der Waals surface area contributed by atoms with E-state index in [0.29, 0.717) is 12.1 Å². The van der Waals surface area contributed by atoms with Crippen molar-refractivity contribution >= 4 is 34.4 Å². The minimum atomic E-state index is -3.76. The van der Waals surface area contributed by atoms with Crippen molar-refractivity contribution in [3.8, 4) is 5.75 Å². The van der Waals surface area contributed by atoms with Gasteiger partial charge in [0.2, 0.25) is 0 Å². The van der Waals surface area contributed by atoms with Crippen molar-refractivity contribution < 1.29 is 12.8 Å². The molecule has 0 amide bonds. The lowest BCUT2D eigenvalue weighted by Gasteiger charge is -2.43. The first kappa shape index (κ1) is 26.9. The Bertz CT molecular complexity index is 1560. The monoisotopic (exact) mass is 554 g/mol. The van der Waals surface area contributed by atoms with E-state index in [-0.39, 0.29) is 9.93 Å². The Morgan fingerprint density at radius 2 is 1.36 bits per heavy atom. The van der Waals surface area contributed by atoms with Crippen molar-refractivity contribution in [1.82, 2.24) is 4.83 Å². The highest BCUT2D eigenvalue weighted by Gasteiger charge is 2.52. The molecule has 0 bridgehead atoms. The van der Waals surface area contributed by atoms with Crippen molar-refractivity contribution in [3.05, 3.63) is 120 Å². The number of sulfonamides is 1. The third kappa shape index (κ3) is 5.16. The van der Waals surface area contributed by atoms with E-state index in [1.54, 1.807) is 24.3 Å². The average molecular weight is 555 g/mol. The lowest BCUT2D eigenvalue weighted by molar-refractivity contribution is 0.503. The molecule has 4 aromatic carbocycles. The highest BCUT2D eigenvalue weighted by molar-refractivity contribution is 7.89. The molecular formula is C32H34N2O3SSi. The highest BCUT2D eigenvalue weighted by atomic mass is 32.2. The molecule has 5 rings (SSSR count). The van der Waals surface area contributed by atoms with Gasteiger partial charge in [0.05, 0.1) is 10.6 Å². The van der Waals surface area contributed by atoms with E-state index >= 15 is 0 Å². The van der Waals surface area contributed by atoms with Crippen LogP contribution in [-0.2, 0) is 16.4 Å². The van der Waals surface area contributed by atoms with Gasteiger partial charge in [-0.1, -0.05) is 111 Å². The predicted molar refractivity (Wildman–Crippen MR) is 161 cm³/mol. The largest absolute Gasteiger partial charge is 0.534 e. The zero-order chi connectivity index (χ0) is 27.7. The van der Waals surface area contributed by atoms with Crippen LogP contribution in [0.3, 0.4) is 0 Å². The van der Waals surface area contributed by atoms with Gasteiger partial charge in [-0.15, -0.1) is 0 Å². The summed E-state index contributed by atoms with van der Waals surface area (Å²) in [5.41, 5.74) is 3.71. The number of fused-ring (bicyclic) bond motifs is 1. The molecule has 7 heteroatoms. The molecular weight excluding hydrogens is 521 g/mol. The maximum Gasteiger partial charge on any atom is 0.319 e. The zero-order valence-electron chi connectivity index (χ0n) is 22.8. The Labute approximate surface area is 232 Å². The van der Waals surface area contributed by atoms with Crippen LogP contribution in [0.2, 0.25) is 5.04 Å². The molecule has 0 unspecified atom stereocenters. The lowest BCUT2D eigenvalue weighted by Crippen LogP contribution is -2.68. The zero-order valence-corrected chi connectivity index (χ0v) is 24.6. The third-order valence-electron chi connectivity index (χ3n) is 7.37. The van der Waals surface area contributed by atoms with Crippen LogP contribution < -0.4 is 19.6 Å². The molecule has 200 valence electrons. The molecule has 0 fully saturated rings. The molecule has 5 nitrogen and oxygen atoms in total. The average Bonchev–Trinajstić information content (AvgIpc) is 3.35. The first-order valence-corrected chi connectivity index (χ1v) is 16.6. The number of nitrogens with zero attached hydrogens (tertiary/aromatic N) is 1. The maximum atomic E-state index is 12.9. The third-order valence-corrected chi connectivity index (χ3v) is 13.5. The summed E-state index contributed by atoms with van der Waals surface area (Å²) in [6.45, 7) is 8.70. The molecule has 0 atom stereocenters. The van der Waals surface area contributed by atoms with E-state index in [1.165, 1.54) is 10.4 Å². The lowest BCUT2D eigenvalue weighted by atomic mass is 10.1. The predicted octanol–water partition coefficient (Wildman–Crippen LogP) is 5.56. The van der Waals surface area contributed by atoms with Crippen LogP contribution in [0.15, 0.2) is 113 Å². The van der Waals surface area contributed by atoms with Gasteiger partial charge in [-0.3, -0.25) is 0 Å². The number of benzene rings is 4. The smallest absolute Gasteiger partial charge is 0.319 e. The molecule has 4 aromatic rings. The second-order valence-corrected chi connectivity index (χ2v) is 16.9. The minimum absolute atomic E-state index is 0.169. The van der Waals surface area contributed by atoms with Gasteiger partial charge < -0.3 is 4.43 Å². The van der Waals surface area contributed by atoms with Crippen molar-refractivity contribution in [2.45, 2.75) is 50.5 Å². The van der Waals surface area contributed by atoms with Gasteiger partial charge in [-0.05, 0) is 53.4 Å². The van der Waals surface area contributed by atoms with Gasteiger partial charge in [0.25, 0.3) is 10.0 Å². The van der Waals surface area contributed by atoms with Crippen molar-refractivity contribution in [2.75, 3.05) is 0 Å². The normalized spacial score (nSPS) is 14.7. The van der Waals surface area contributed by atoms with Crippen LogP contribution in [0, 0.1) is 6.92 Å². The summed E-state index contributed by atoms with van der Waals surface area (Å²) in [5.74, 6) is 0.841. The van der Waals surface area contributed by atoms with Crippen LogP contribution in [0.1, 0.15) is 43.9 Å². The summed E-state index contributed by atoms with van der Waals surface area (Å²) in [5, 5.41) is 6.62. The van der Waals surface area contributed by atoms with E-state index in [0.717, 1.165) is 28.9 Å². The molecule has 0 heterocycles. The van der Waals surface area contributed by atoms with Crippen molar-refractivity contribution in [3.63, 3.8) is 0 Å². The first-order valence-electron chi connectivity index (χ1n) is 13.2. The van der Waals surface area contributed by atoms with Gasteiger partial charge in [-0.2, -0.15) is 18.4 Å². The number of hydrazone groups is 1. The van der Waals surface area contributed by atoms with Crippen molar-refractivity contribution in [1.29, 1.82) is 0 Å². The Hall–Kier alpha value is -3.68. The molecule has 0 spiro atoms. The van der Waals surface area contributed by atoms with Crippen molar-refractivity contribution in [2.24, 2.45) is 5.10 Å². The van der Waals surface area contributed by atoms with Crippen LogP contribution in [0.25, 0.3) is 0 Å². The summed E-state index contributed by atoms with van der Waals surface area (Å²) in [6, 6.07) is 33.9. The highest BCUT2D eigenvalue weighted by Crippen LogP contribution is 2.40. The molecule has 39 heavy (non-hydrogen) atoms. The molecule has 0 aromatic heterocycles. The second kappa shape index (κ2) is 10.5. The number of aryl methyl sites for hydroxylation is 1. The van der Waals surface area contributed by atoms with Gasteiger partial charge >= 0.3 is 8.32 Å². The quantitative estimate of drug-likeness (QED) is 0.240. The Morgan fingerprint density at radius 1 is 0.769 bits per heavy atom. The molecule has 1 aliphatic carbocycles. The summed E-state index contributed by atoms with van der Waals surface area (Å²) in [4.78, 5) is 2.64. The van der Waals surface area contributed by atoms with Gasteiger partial charge in [-0.25, -0.2) is 0 Å². The fourth-order valence-electron chi connectivity index (χ4n) is 5.38. The SMILES string of the molecule is Cc1ccc(S(=O)(=O)NN=C2CCc3c(O[Si](c4ccccc4)(c4ccccc4)C(C)(C)C)cccc32)cc1. The molecule has 1 N–H and O–H groups in total. The van der Waals surface area contributed by atoms with E-state index < -0.39 is 18.3 Å². The van der Waals surface area contributed by atoms with E-state index in [2.05, 4.69) is 79.2 Å². The number of hydrogen-bond acceptors (Lipinski definition) is 4. The summed E-state index contributed by atoms with van der Waals surface area (Å²) >= 11 is 0. The second-order valence-electron chi connectivity index (χ2n) is 11.0. The molecule has 0 saturated heterocycles. The number of hydrogen-bond donors (Lipinski definition) is 1. The first-order chi connectivity index (χ1) is 18.6. The fraction of sp³-hybridized carbons (Fsp3) is 0.219. The van der Waals surface area contributed by atoms with Crippen LogP contribution >= 0.6 is 0 Å². The van der Waals surface area contributed by atoms with Gasteiger partial charge in [0.15, 0.2) is 0 Å². The summed E-state index contributed by atoms with van der Waals surface area (Å²) < 4.78 is 33.0. The van der Waals surface area contributed by atoms with Gasteiger partial charge in [0, 0.05) is 11.1 Å². The Kier molecular flexibility index (Phi) is 7.22. The van der Waals surface area contributed by atoms with Crippen LogP contribution in [0.5, 0.6) is 5.75 Å². The van der Waals surface area contributed by atoms with Crippen LogP contribution in [0.4, 0.5) is 0 Å². The topological polar surface area (TPSA) is 67.8 Å². The van der Waals surface area contributed by atoms with Gasteiger partial charge in [0.1, 0.15) is 5.75 Å². The van der Waals surface area contributed by atoms with E-state index in [1.807, 2.05) is 37.3 Å². The van der Waals surface area contributed by atoms with E-state index in [9.17, 15) is 8.42 Å². The molecule has 0 radical (unpaired) electrons. The van der Waals surface area contributed by atoms with E-state index in [4.69, 9.17) is 4.43 Å². The van der Waals surface area contributed by atoms with Crippen LogP contribution in [-0.4, -0.2) is 22.4 Å². The fourth-order valence-corrected chi connectivity index (χ4v) is 10.7. The summed E-state index contributed by atoms with van der Waals surface area (Å²) in [7, 11) is -6.56. The molecule has 0 saturated carbocycles. The molecule has 0 aliphatic heterocycles. The Balaban J connectivity index is 1.55. The maximum absolute atomic E-state index is 12.9.